The van der Waals surface area contributed by atoms with Gasteiger partial charge in [-0.1, -0.05) is 0 Å². The van der Waals surface area contributed by atoms with Gasteiger partial charge in [-0.2, -0.15) is 0 Å². The number of hydrogen-bond donors (Lipinski definition) is 2. The van der Waals surface area contributed by atoms with E-state index in [2.05, 4.69) is 10.3 Å². The molecule has 1 aromatic rings. The summed E-state index contributed by atoms with van der Waals surface area (Å²) in [6, 6.07) is 0. The molecule has 1 rings (SSSR count). The van der Waals surface area contributed by atoms with E-state index in [1.165, 1.54) is 11.3 Å². The molecule has 0 aromatic carbocycles. The van der Waals surface area contributed by atoms with Crippen molar-refractivity contribution in [2.75, 3.05) is 5.32 Å². The van der Waals surface area contributed by atoms with Gasteiger partial charge < -0.3 is 10.4 Å². The Balaban J connectivity index is 2.74. The molecule has 0 aliphatic rings. The number of hydrogen-bond acceptors (Lipinski definition) is 4. The smallest absolute Gasteiger partial charge is 0.328 e. The van der Waals surface area contributed by atoms with Gasteiger partial charge in [0.1, 0.15) is 5.54 Å². The molecule has 0 amide bonds. The Morgan fingerprint density at radius 2 is 2.31 bits per heavy atom. The Morgan fingerprint density at radius 1 is 1.69 bits per heavy atom. The number of carboxylic acid groups (broad SMARTS) is 1. The van der Waals surface area contributed by atoms with Crippen molar-refractivity contribution in [1.29, 1.82) is 0 Å². The lowest BCUT2D eigenvalue weighted by Gasteiger charge is -2.19. The number of thiazole rings is 1. The quantitative estimate of drug-likeness (QED) is 0.780. The molecule has 72 valence electrons. The minimum absolute atomic E-state index is 0.643. The molecule has 0 spiro atoms. The maximum atomic E-state index is 10.7. The molecule has 1 aromatic heterocycles. The summed E-state index contributed by atoms with van der Waals surface area (Å²) in [6.07, 6.45) is 1.71. The van der Waals surface area contributed by atoms with Gasteiger partial charge in [-0.3, -0.25) is 0 Å². The van der Waals surface area contributed by atoms with E-state index in [0.29, 0.717) is 5.13 Å². The zero-order chi connectivity index (χ0) is 10.1. The monoisotopic (exact) mass is 200 g/mol. The molecule has 1 heterocycles. The van der Waals surface area contributed by atoms with Crippen LogP contribution in [0.3, 0.4) is 0 Å². The zero-order valence-corrected chi connectivity index (χ0v) is 8.60. The first-order valence-corrected chi connectivity index (χ1v) is 4.67. The topological polar surface area (TPSA) is 62.2 Å². The Hall–Kier alpha value is -1.10. The van der Waals surface area contributed by atoms with Gasteiger partial charge in [0.2, 0.25) is 0 Å². The summed E-state index contributed by atoms with van der Waals surface area (Å²) in [5.41, 5.74) is -0.968. The molecule has 0 fully saturated rings. The van der Waals surface area contributed by atoms with E-state index in [0.717, 1.165) is 4.88 Å². The highest BCUT2D eigenvalue weighted by molar-refractivity contribution is 7.15. The van der Waals surface area contributed by atoms with Gasteiger partial charge in [0.25, 0.3) is 0 Å². The van der Waals surface area contributed by atoms with E-state index < -0.39 is 11.5 Å². The standard InChI is InChI=1S/C8H12N2O2S/c1-5-4-9-7(13-5)10-8(2,3)6(11)12/h4H,1-3H3,(H,9,10)(H,11,12). The van der Waals surface area contributed by atoms with Crippen molar-refractivity contribution < 1.29 is 9.90 Å². The van der Waals surface area contributed by atoms with E-state index in [4.69, 9.17) is 5.11 Å². The van der Waals surface area contributed by atoms with Crippen molar-refractivity contribution in [3.05, 3.63) is 11.1 Å². The van der Waals surface area contributed by atoms with Gasteiger partial charge in [-0.25, -0.2) is 9.78 Å². The van der Waals surface area contributed by atoms with Gasteiger partial charge in [-0.05, 0) is 20.8 Å². The first-order chi connectivity index (χ1) is 5.92. The fraction of sp³-hybridized carbons (Fsp3) is 0.500. The van der Waals surface area contributed by atoms with Crippen molar-refractivity contribution in [3.63, 3.8) is 0 Å². The Morgan fingerprint density at radius 3 is 2.69 bits per heavy atom. The highest BCUT2D eigenvalue weighted by Gasteiger charge is 2.27. The van der Waals surface area contributed by atoms with Crippen LogP contribution < -0.4 is 5.32 Å². The van der Waals surface area contributed by atoms with E-state index in [1.807, 2.05) is 6.92 Å². The maximum Gasteiger partial charge on any atom is 0.328 e. The van der Waals surface area contributed by atoms with Crippen molar-refractivity contribution in [1.82, 2.24) is 4.98 Å². The van der Waals surface area contributed by atoms with Crippen LogP contribution in [0.4, 0.5) is 5.13 Å². The molecule has 2 N–H and O–H groups in total. The minimum atomic E-state index is -0.968. The molecule has 13 heavy (non-hydrogen) atoms. The second-order valence-corrected chi connectivity index (χ2v) is 4.57. The second kappa shape index (κ2) is 3.33. The van der Waals surface area contributed by atoms with Gasteiger partial charge >= 0.3 is 5.97 Å². The van der Waals surface area contributed by atoms with Crippen molar-refractivity contribution >= 4 is 22.4 Å². The molecule has 0 saturated carbocycles. The summed E-state index contributed by atoms with van der Waals surface area (Å²) in [5, 5.41) is 12.3. The maximum absolute atomic E-state index is 10.7. The molecule has 0 saturated heterocycles. The average Bonchev–Trinajstić information content (AvgIpc) is 2.34. The lowest BCUT2D eigenvalue weighted by Crippen LogP contribution is -2.39. The SMILES string of the molecule is Cc1cnc(NC(C)(C)C(=O)O)s1. The minimum Gasteiger partial charge on any atom is -0.480 e. The van der Waals surface area contributed by atoms with Gasteiger partial charge in [0.15, 0.2) is 5.13 Å². The number of carboxylic acids is 1. The normalized spacial score (nSPS) is 11.3. The van der Waals surface area contributed by atoms with Crippen LogP contribution in [0.2, 0.25) is 0 Å². The number of aliphatic carboxylic acids is 1. The van der Waals surface area contributed by atoms with Gasteiger partial charge in [0, 0.05) is 11.1 Å². The van der Waals surface area contributed by atoms with Crippen LogP contribution >= 0.6 is 11.3 Å². The fourth-order valence-corrected chi connectivity index (χ4v) is 1.56. The predicted molar refractivity (Wildman–Crippen MR) is 52.2 cm³/mol. The molecule has 0 bridgehead atoms. The summed E-state index contributed by atoms with van der Waals surface area (Å²) in [6.45, 7) is 5.13. The molecule has 0 unspecified atom stereocenters. The third kappa shape index (κ3) is 2.42. The van der Waals surface area contributed by atoms with Crippen LogP contribution in [0.5, 0.6) is 0 Å². The van der Waals surface area contributed by atoms with Crippen molar-refractivity contribution in [2.45, 2.75) is 26.3 Å². The van der Waals surface area contributed by atoms with E-state index >= 15 is 0 Å². The summed E-state index contributed by atoms with van der Waals surface area (Å²) < 4.78 is 0. The summed E-state index contributed by atoms with van der Waals surface area (Å²) >= 11 is 1.45. The summed E-state index contributed by atoms with van der Waals surface area (Å²) in [5.74, 6) is -0.889. The average molecular weight is 200 g/mol. The number of carbonyl (C=O) groups is 1. The number of nitrogens with zero attached hydrogens (tertiary/aromatic N) is 1. The molecule has 0 aliphatic heterocycles. The van der Waals surface area contributed by atoms with Crippen LogP contribution in [0.15, 0.2) is 6.20 Å². The Labute approximate surface area is 80.6 Å². The highest BCUT2D eigenvalue weighted by Crippen LogP contribution is 2.20. The molecule has 0 radical (unpaired) electrons. The van der Waals surface area contributed by atoms with Crippen LogP contribution in [-0.2, 0) is 4.79 Å². The third-order valence-corrected chi connectivity index (χ3v) is 2.40. The van der Waals surface area contributed by atoms with E-state index in [-0.39, 0.29) is 0 Å². The van der Waals surface area contributed by atoms with Gasteiger partial charge in [0.05, 0.1) is 0 Å². The molecular weight excluding hydrogens is 188 g/mol. The molecule has 5 heteroatoms. The number of anilines is 1. The number of aromatic nitrogens is 1. The summed E-state index contributed by atoms with van der Waals surface area (Å²) in [7, 11) is 0. The highest BCUT2D eigenvalue weighted by atomic mass is 32.1. The number of aryl methyl sites for hydroxylation is 1. The lowest BCUT2D eigenvalue weighted by molar-refractivity contribution is -0.141. The fourth-order valence-electron chi connectivity index (χ4n) is 0.733. The molecule has 0 atom stereocenters. The Kier molecular flexibility index (Phi) is 2.56. The first-order valence-electron chi connectivity index (χ1n) is 3.86. The van der Waals surface area contributed by atoms with Gasteiger partial charge in [-0.15, -0.1) is 11.3 Å². The lowest BCUT2D eigenvalue weighted by atomic mass is 10.1. The second-order valence-electron chi connectivity index (χ2n) is 3.33. The van der Waals surface area contributed by atoms with Crippen LogP contribution in [0.1, 0.15) is 18.7 Å². The zero-order valence-electron chi connectivity index (χ0n) is 7.79. The van der Waals surface area contributed by atoms with Crippen molar-refractivity contribution in [2.24, 2.45) is 0 Å². The molecule has 0 aliphatic carbocycles. The Bertz CT molecular complexity index is 320. The molecular formula is C8H12N2O2S. The van der Waals surface area contributed by atoms with Crippen LogP contribution in [0.25, 0.3) is 0 Å². The van der Waals surface area contributed by atoms with E-state index in [9.17, 15) is 4.79 Å². The molecule has 4 nitrogen and oxygen atoms in total. The summed E-state index contributed by atoms with van der Waals surface area (Å²) in [4.78, 5) is 15.8. The first kappa shape index (κ1) is 9.98. The van der Waals surface area contributed by atoms with E-state index in [1.54, 1.807) is 20.0 Å². The third-order valence-electron chi connectivity index (χ3n) is 1.58. The van der Waals surface area contributed by atoms with Crippen LogP contribution in [0, 0.1) is 6.92 Å². The van der Waals surface area contributed by atoms with Crippen molar-refractivity contribution in [3.8, 4) is 0 Å². The largest absolute Gasteiger partial charge is 0.480 e. The van der Waals surface area contributed by atoms with Crippen LogP contribution in [-0.4, -0.2) is 21.6 Å². The number of rotatable bonds is 3. The predicted octanol–water partition coefficient (Wildman–Crippen LogP) is 1.73. The number of nitrogens with one attached hydrogen (secondary N) is 1.